The summed E-state index contributed by atoms with van der Waals surface area (Å²) in [5, 5.41) is 6.89. The smallest absolute Gasteiger partial charge is 1.00 e. The number of fused-ring (bicyclic) bond motifs is 2. The van der Waals surface area contributed by atoms with Crippen LogP contribution in [0.15, 0.2) is 121 Å². The molecule has 0 amide bonds. The molecule has 0 aromatic heterocycles. The van der Waals surface area contributed by atoms with Gasteiger partial charge in [-0.05, 0) is 30.9 Å². The fourth-order valence-electron chi connectivity index (χ4n) is 4.53. The van der Waals surface area contributed by atoms with Gasteiger partial charge in [-0.15, -0.1) is 58.9 Å². The van der Waals surface area contributed by atoms with Crippen LogP contribution in [0.3, 0.4) is 0 Å². The van der Waals surface area contributed by atoms with Crippen LogP contribution in [0.1, 0.15) is 19.3 Å². The first kappa shape index (κ1) is 28.0. The predicted molar refractivity (Wildman–Crippen MR) is 137 cm³/mol. The molecule has 6 rings (SSSR count). The minimum absolute atomic E-state index is 0. The second kappa shape index (κ2) is 13.6. The van der Waals surface area contributed by atoms with Crippen molar-refractivity contribution in [2.45, 2.75) is 19.3 Å². The number of hydrogen-bond acceptors (Lipinski definition) is 0. The van der Waals surface area contributed by atoms with Crippen molar-refractivity contribution in [3.8, 4) is 0 Å². The molecule has 1 unspecified atom stereocenters. The van der Waals surface area contributed by atoms with Gasteiger partial charge in [0.1, 0.15) is 0 Å². The molecule has 4 heteroatoms. The Balaban J connectivity index is 0.000000290. The van der Waals surface area contributed by atoms with E-state index >= 15 is 0 Å². The summed E-state index contributed by atoms with van der Waals surface area (Å²) < 4.78 is 0. The summed E-state index contributed by atoms with van der Waals surface area (Å²) in [6.45, 7) is 0. The van der Waals surface area contributed by atoms with Crippen LogP contribution in [0.2, 0.25) is 0 Å². The second-order valence-corrected chi connectivity index (χ2v) is 10.4. The molecule has 1 fully saturated rings. The molecule has 0 radical (unpaired) electrons. The zero-order chi connectivity index (χ0) is 20.9. The maximum absolute atomic E-state index is 2.37. The van der Waals surface area contributed by atoms with Crippen LogP contribution in [-0.2, 0) is 25.8 Å². The largest absolute Gasteiger partial charge is 4.00 e. The van der Waals surface area contributed by atoms with Gasteiger partial charge in [-0.25, -0.2) is 18.1 Å². The molecule has 4 aromatic rings. The van der Waals surface area contributed by atoms with Crippen molar-refractivity contribution in [3.63, 3.8) is 0 Å². The number of hydrogen-bond donors (Lipinski definition) is 0. The third-order valence-corrected chi connectivity index (χ3v) is 8.51. The van der Waals surface area contributed by atoms with Gasteiger partial charge in [0.15, 0.2) is 0 Å². The van der Waals surface area contributed by atoms with Gasteiger partial charge in [-0.1, -0.05) is 73.2 Å². The van der Waals surface area contributed by atoms with Crippen LogP contribution in [-0.4, -0.2) is 0 Å². The van der Waals surface area contributed by atoms with E-state index in [2.05, 4.69) is 122 Å². The van der Waals surface area contributed by atoms with Gasteiger partial charge < -0.3 is 9.41 Å². The molecule has 0 heterocycles. The van der Waals surface area contributed by atoms with E-state index in [1.165, 1.54) is 45.9 Å². The second-order valence-electron chi connectivity index (χ2n) is 8.16. The molecule has 0 bridgehead atoms. The Labute approximate surface area is 221 Å². The molecule has 34 heavy (non-hydrogen) atoms. The van der Waals surface area contributed by atoms with Crippen molar-refractivity contribution in [1.29, 1.82) is 0 Å². The Kier molecular flexibility index (Phi) is 11.2. The topological polar surface area (TPSA) is 0 Å². The standard InChI is InChI=1S/C21H16P.C9H11.2FH.Hf/c1-3-11-19(12-4-1)22(20-13-5-2-6-14-20)21-15-17-9-7-8-10-18(17)16-21;1-2-5-9-7-3-6-8(9)4-1;;;/h1-16H;1-2,4,6,9H,3,5,7H2;2*1H;/q2*-1;;;+4/p-2. The average molecular weight is 635 g/mol. The third kappa shape index (κ3) is 6.46. The summed E-state index contributed by atoms with van der Waals surface area (Å²) in [6, 6.07) is 35.0. The van der Waals surface area contributed by atoms with Gasteiger partial charge in [-0.2, -0.15) is 6.07 Å². The molecule has 2 aliphatic carbocycles. The Morgan fingerprint density at radius 3 is 2.00 bits per heavy atom. The zero-order valence-electron chi connectivity index (χ0n) is 18.9. The van der Waals surface area contributed by atoms with Crippen molar-refractivity contribution in [3.05, 3.63) is 127 Å². The Morgan fingerprint density at radius 1 is 0.765 bits per heavy atom. The molecular formula is C30H27F2HfP. The first-order valence-electron chi connectivity index (χ1n) is 11.1. The van der Waals surface area contributed by atoms with Crippen molar-refractivity contribution < 1.29 is 35.3 Å². The van der Waals surface area contributed by atoms with E-state index in [1.54, 1.807) is 5.57 Å². The van der Waals surface area contributed by atoms with Crippen molar-refractivity contribution in [1.82, 2.24) is 0 Å². The van der Waals surface area contributed by atoms with Gasteiger partial charge in [0.05, 0.1) is 0 Å². The molecule has 170 valence electrons. The number of rotatable bonds is 3. The third-order valence-electron chi connectivity index (χ3n) is 6.10. The molecule has 0 spiro atoms. The van der Waals surface area contributed by atoms with Gasteiger partial charge in [-0.3, -0.25) is 0 Å². The number of benzene rings is 3. The predicted octanol–water partition coefficient (Wildman–Crippen LogP) is 0.809. The van der Waals surface area contributed by atoms with Crippen LogP contribution in [0.4, 0.5) is 0 Å². The normalized spacial score (nSPS) is 15.4. The Morgan fingerprint density at radius 2 is 1.38 bits per heavy atom. The minimum Gasteiger partial charge on any atom is -1.00 e. The average Bonchev–Trinajstić information content (AvgIpc) is 3.48. The van der Waals surface area contributed by atoms with Crippen LogP contribution in [0.5, 0.6) is 0 Å². The fraction of sp³-hybridized carbons (Fsp3) is 0.133. The summed E-state index contributed by atoms with van der Waals surface area (Å²) >= 11 is 0. The molecule has 4 aromatic carbocycles. The van der Waals surface area contributed by atoms with Gasteiger partial charge in [0.25, 0.3) is 0 Å². The van der Waals surface area contributed by atoms with Gasteiger partial charge in [0, 0.05) is 0 Å². The molecule has 2 aliphatic rings. The Hall–Kier alpha value is -2.22. The molecule has 0 N–H and O–H groups in total. The van der Waals surface area contributed by atoms with E-state index in [9.17, 15) is 0 Å². The quantitative estimate of drug-likeness (QED) is 0.178. The van der Waals surface area contributed by atoms with E-state index in [4.69, 9.17) is 0 Å². The molecule has 0 aliphatic heterocycles. The van der Waals surface area contributed by atoms with Crippen molar-refractivity contribution in [2.24, 2.45) is 5.92 Å². The molecule has 1 saturated carbocycles. The van der Waals surface area contributed by atoms with E-state index < -0.39 is 7.92 Å². The SMILES string of the molecule is C1=CCC2CC[CH-]C2=C1.[F-].[F-].[Hf+4].c1ccc(P(c2ccccc2)c2cc3ccccc3[cH-]2)cc1. The fourth-order valence-corrected chi connectivity index (χ4v) is 6.90. The van der Waals surface area contributed by atoms with Crippen LogP contribution in [0, 0.1) is 12.3 Å². The summed E-state index contributed by atoms with van der Waals surface area (Å²) in [6.07, 6.45) is 13.0. The van der Waals surface area contributed by atoms with Crippen LogP contribution >= 0.6 is 7.92 Å². The van der Waals surface area contributed by atoms with E-state index in [-0.39, 0.29) is 35.3 Å². The van der Waals surface area contributed by atoms with Crippen molar-refractivity contribution >= 4 is 34.6 Å². The van der Waals surface area contributed by atoms with Crippen LogP contribution in [0.25, 0.3) is 10.8 Å². The molecular weight excluding hydrogens is 608 g/mol. The minimum atomic E-state index is -0.493. The number of halogens is 2. The number of allylic oxidation sites excluding steroid dienone is 4. The molecule has 0 saturated heterocycles. The van der Waals surface area contributed by atoms with E-state index in [0.717, 1.165) is 5.92 Å². The monoisotopic (exact) mass is 636 g/mol. The Bertz CT molecular complexity index is 1130. The van der Waals surface area contributed by atoms with Crippen LogP contribution < -0.4 is 25.3 Å². The summed E-state index contributed by atoms with van der Waals surface area (Å²) in [5.41, 5.74) is 1.58. The maximum Gasteiger partial charge on any atom is 4.00 e. The van der Waals surface area contributed by atoms with Gasteiger partial charge in [0.2, 0.25) is 0 Å². The zero-order valence-corrected chi connectivity index (χ0v) is 23.4. The molecule has 0 nitrogen and oxygen atoms in total. The molecule has 1 atom stereocenters. The van der Waals surface area contributed by atoms with E-state index in [0.29, 0.717) is 0 Å². The first-order valence-corrected chi connectivity index (χ1v) is 12.5. The van der Waals surface area contributed by atoms with Gasteiger partial charge >= 0.3 is 25.8 Å². The maximum atomic E-state index is 2.37. The first-order chi connectivity index (χ1) is 15.4. The summed E-state index contributed by atoms with van der Waals surface area (Å²) in [7, 11) is -0.493. The summed E-state index contributed by atoms with van der Waals surface area (Å²) in [4.78, 5) is 0. The van der Waals surface area contributed by atoms with Crippen molar-refractivity contribution in [2.75, 3.05) is 0 Å². The van der Waals surface area contributed by atoms with E-state index in [1.807, 2.05) is 0 Å². The summed E-state index contributed by atoms with van der Waals surface area (Å²) in [5.74, 6) is 0.884.